The van der Waals surface area contributed by atoms with Crippen LogP contribution in [0.5, 0.6) is 0 Å². The quantitative estimate of drug-likeness (QED) is 0.128. The Bertz CT molecular complexity index is 4750. The van der Waals surface area contributed by atoms with Gasteiger partial charge in [-0.05, 0) is 125 Å². The average Bonchev–Trinajstić information content (AvgIpc) is 3.46. The highest BCUT2D eigenvalue weighted by molar-refractivity contribution is 6.24. The highest BCUT2D eigenvalue weighted by Gasteiger charge is 2.20. The molecule has 0 bridgehead atoms. The van der Waals surface area contributed by atoms with E-state index < -0.39 is 0 Å². The molecule has 72 heavy (non-hydrogen) atoms. The zero-order valence-electron chi connectivity index (χ0n) is 38.9. The first-order chi connectivity index (χ1) is 35.7. The van der Waals surface area contributed by atoms with E-state index in [-0.39, 0.29) is 0 Å². The van der Waals surface area contributed by atoms with Crippen LogP contribution in [0.1, 0.15) is 0 Å². The number of benzene rings is 11. The Morgan fingerprint density at radius 3 is 1.50 bits per heavy atom. The number of pyridine rings is 4. The van der Waals surface area contributed by atoms with Crippen molar-refractivity contribution in [1.82, 2.24) is 19.9 Å². The normalized spacial score (nSPS) is 11.9. The van der Waals surface area contributed by atoms with E-state index in [0.717, 1.165) is 88.2 Å². The summed E-state index contributed by atoms with van der Waals surface area (Å²) in [6.45, 7) is 0. The van der Waals surface area contributed by atoms with E-state index in [0.29, 0.717) is 0 Å². The van der Waals surface area contributed by atoms with E-state index in [9.17, 15) is 0 Å². The van der Waals surface area contributed by atoms with Gasteiger partial charge >= 0.3 is 0 Å². The first-order valence-corrected chi connectivity index (χ1v) is 24.5. The zero-order valence-corrected chi connectivity index (χ0v) is 38.9. The van der Waals surface area contributed by atoms with Gasteiger partial charge in [0.2, 0.25) is 0 Å². The number of aromatic nitrogens is 4. The molecule has 0 aliphatic rings. The summed E-state index contributed by atoms with van der Waals surface area (Å²) >= 11 is 0. The molecule has 15 rings (SSSR count). The lowest BCUT2D eigenvalue weighted by Gasteiger charge is -2.19. The second kappa shape index (κ2) is 16.0. The summed E-state index contributed by atoms with van der Waals surface area (Å²) in [6.07, 6.45) is 1.85. The summed E-state index contributed by atoms with van der Waals surface area (Å²) in [5.74, 6) is 0. The second-order valence-electron chi connectivity index (χ2n) is 18.9. The van der Waals surface area contributed by atoms with Gasteiger partial charge in [0.05, 0.1) is 39.1 Å². The number of nitrogens with zero attached hydrogens (tertiary/aromatic N) is 4. The molecule has 4 heterocycles. The molecule has 332 valence electrons. The predicted octanol–water partition coefficient (Wildman–Crippen LogP) is 18.0. The Hall–Kier alpha value is -9.64. The van der Waals surface area contributed by atoms with Crippen molar-refractivity contribution in [3.63, 3.8) is 0 Å². The number of fused-ring (bicyclic) bond motifs is 13. The van der Waals surface area contributed by atoms with Crippen LogP contribution in [0, 0.1) is 0 Å². The van der Waals surface area contributed by atoms with E-state index in [4.69, 9.17) is 19.9 Å². The first kappa shape index (κ1) is 40.3. The summed E-state index contributed by atoms with van der Waals surface area (Å²) in [6, 6.07) is 85.2. The molecule has 0 aliphatic heterocycles. The van der Waals surface area contributed by atoms with Gasteiger partial charge in [0.25, 0.3) is 0 Å². The smallest absolute Gasteiger partial charge is 0.0994 e. The van der Waals surface area contributed by atoms with Crippen LogP contribution in [0.4, 0.5) is 0 Å². The molecule has 11 aromatic carbocycles. The minimum absolute atomic E-state index is 0.836. The monoisotopic (exact) mass is 912 g/mol. The van der Waals surface area contributed by atoms with Crippen molar-refractivity contribution in [3.8, 4) is 56.0 Å². The molecular weight excluding hydrogens is 873 g/mol. The van der Waals surface area contributed by atoms with Crippen LogP contribution in [-0.2, 0) is 0 Å². The highest BCUT2D eigenvalue weighted by atomic mass is 14.8. The molecule has 0 saturated heterocycles. The fourth-order valence-electron chi connectivity index (χ4n) is 11.4. The van der Waals surface area contributed by atoms with Crippen molar-refractivity contribution >= 4 is 97.5 Å². The third kappa shape index (κ3) is 6.33. The van der Waals surface area contributed by atoms with Crippen LogP contribution < -0.4 is 0 Å². The zero-order chi connectivity index (χ0) is 47.3. The van der Waals surface area contributed by atoms with Crippen LogP contribution in [0.25, 0.3) is 153 Å². The van der Waals surface area contributed by atoms with E-state index in [1.165, 1.54) is 65.3 Å². The van der Waals surface area contributed by atoms with Gasteiger partial charge in [-0.15, -0.1) is 0 Å². The molecule has 4 heteroatoms. The minimum atomic E-state index is 0.836. The molecule has 0 N–H and O–H groups in total. The highest BCUT2D eigenvalue weighted by Crippen LogP contribution is 2.46. The summed E-state index contributed by atoms with van der Waals surface area (Å²) < 4.78 is 0. The fourth-order valence-corrected chi connectivity index (χ4v) is 11.4. The van der Waals surface area contributed by atoms with E-state index >= 15 is 0 Å². The molecule has 0 aliphatic carbocycles. The Balaban J connectivity index is 0.916. The minimum Gasteiger partial charge on any atom is -0.254 e. The lowest BCUT2D eigenvalue weighted by molar-refractivity contribution is 1.36. The largest absolute Gasteiger partial charge is 0.254 e. The van der Waals surface area contributed by atoms with Gasteiger partial charge in [0, 0.05) is 49.8 Å². The van der Waals surface area contributed by atoms with Gasteiger partial charge in [-0.1, -0.05) is 182 Å². The Morgan fingerprint density at radius 1 is 0.222 bits per heavy atom. The van der Waals surface area contributed by atoms with Crippen molar-refractivity contribution in [3.05, 3.63) is 243 Å². The van der Waals surface area contributed by atoms with Gasteiger partial charge < -0.3 is 0 Å². The third-order valence-electron chi connectivity index (χ3n) is 14.8. The molecule has 0 atom stereocenters. The molecule has 0 fully saturated rings. The molecule has 4 aromatic heterocycles. The number of hydrogen-bond donors (Lipinski definition) is 0. The van der Waals surface area contributed by atoms with Gasteiger partial charge in [0.15, 0.2) is 0 Å². The standard InChI is InChI=1S/C68H40N4/c1-2-14-43(15-3-1)60-35-32-57-56-22-11-37-69-67(56)68-58(66(57)71-60)33-36-62(72-68)51-20-10-21-55-50(51)30-27-44-29-34-61(70-65(44)55)47-28-31-54-59(40-47)64(49-26-24-42-13-5-7-17-46(42)39-49)53-19-9-8-18-52(53)63(54)48-25-23-41-12-4-6-16-45(41)38-48/h1-40H. The van der Waals surface area contributed by atoms with Crippen LogP contribution in [0.2, 0.25) is 0 Å². The molecule has 15 aromatic rings. The topological polar surface area (TPSA) is 51.6 Å². The molecule has 4 nitrogen and oxygen atoms in total. The molecule has 0 radical (unpaired) electrons. The van der Waals surface area contributed by atoms with Gasteiger partial charge in [-0.2, -0.15) is 0 Å². The van der Waals surface area contributed by atoms with Crippen molar-refractivity contribution in [2.75, 3.05) is 0 Å². The summed E-state index contributed by atoms with van der Waals surface area (Å²) in [7, 11) is 0. The van der Waals surface area contributed by atoms with Crippen molar-refractivity contribution in [1.29, 1.82) is 0 Å². The van der Waals surface area contributed by atoms with E-state index in [1.54, 1.807) is 0 Å². The summed E-state index contributed by atoms with van der Waals surface area (Å²) in [5, 5.41) is 16.1. The maximum atomic E-state index is 5.56. The summed E-state index contributed by atoms with van der Waals surface area (Å²) in [4.78, 5) is 21.2. The van der Waals surface area contributed by atoms with E-state index in [1.807, 2.05) is 18.3 Å². The van der Waals surface area contributed by atoms with Crippen LogP contribution >= 0.6 is 0 Å². The SMILES string of the molecule is c1ccc(-c2ccc3c4cccnc4c4nc(-c5cccc6c5ccc5ccc(-c7ccc8c(-c9ccc%10ccccc%10c9)c9ccccc9c(-c9ccc%10ccccc%10c9)c8c7)nc56)ccc4c3n2)cc1. The summed E-state index contributed by atoms with van der Waals surface area (Å²) in [5.41, 5.74) is 14.3. The third-order valence-corrected chi connectivity index (χ3v) is 14.8. The lowest BCUT2D eigenvalue weighted by Crippen LogP contribution is -1.94. The van der Waals surface area contributed by atoms with Crippen molar-refractivity contribution in [2.24, 2.45) is 0 Å². The van der Waals surface area contributed by atoms with Crippen LogP contribution in [0.15, 0.2) is 243 Å². The molecule has 0 unspecified atom stereocenters. The fraction of sp³-hybridized carbons (Fsp3) is 0. The van der Waals surface area contributed by atoms with Gasteiger partial charge in [-0.3, -0.25) is 4.98 Å². The molecule has 0 amide bonds. The van der Waals surface area contributed by atoms with Crippen LogP contribution in [0.3, 0.4) is 0 Å². The van der Waals surface area contributed by atoms with Gasteiger partial charge in [-0.25, -0.2) is 15.0 Å². The van der Waals surface area contributed by atoms with E-state index in [2.05, 4.69) is 224 Å². The number of hydrogen-bond acceptors (Lipinski definition) is 4. The molecule has 0 saturated carbocycles. The Labute approximate surface area is 414 Å². The second-order valence-corrected chi connectivity index (χ2v) is 18.9. The van der Waals surface area contributed by atoms with Gasteiger partial charge in [0.1, 0.15) is 0 Å². The van der Waals surface area contributed by atoms with Crippen molar-refractivity contribution < 1.29 is 0 Å². The number of rotatable bonds is 5. The average molecular weight is 913 g/mol. The first-order valence-electron chi connectivity index (χ1n) is 24.5. The maximum Gasteiger partial charge on any atom is 0.0994 e. The lowest BCUT2D eigenvalue weighted by atomic mass is 9.84. The molecule has 0 spiro atoms. The Kier molecular flexibility index (Phi) is 8.92. The van der Waals surface area contributed by atoms with Crippen LogP contribution in [-0.4, -0.2) is 19.9 Å². The Morgan fingerprint density at radius 2 is 0.722 bits per heavy atom. The molecular formula is C68H40N4. The maximum absolute atomic E-state index is 5.56. The van der Waals surface area contributed by atoms with Crippen molar-refractivity contribution in [2.45, 2.75) is 0 Å². The predicted molar refractivity (Wildman–Crippen MR) is 302 cm³/mol.